The van der Waals surface area contributed by atoms with Crippen LogP contribution < -0.4 is 11.1 Å². The minimum Gasteiger partial charge on any atom is -0.345 e. The van der Waals surface area contributed by atoms with Crippen molar-refractivity contribution < 1.29 is 9.72 Å². The predicted octanol–water partition coefficient (Wildman–Crippen LogP) is 2.25. The number of carbonyl (C=O) groups excluding carboxylic acids is 1. The molecule has 0 spiro atoms. The van der Waals surface area contributed by atoms with Crippen LogP contribution in [-0.2, 0) is 0 Å². The number of rotatable bonds is 4. The Balaban J connectivity index is 2.27. The molecule has 3 N–H and O–H groups in total. The van der Waals surface area contributed by atoms with Gasteiger partial charge in [0.2, 0.25) is 0 Å². The molecule has 0 heterocycles. The molecule has 1 aliphatic carbocycles. The smallest absolute Gasteiger partial charge is 0.283 e. The zero-order valence-electron chi connectivity index (χ0n) is 10.9. The SMILES string of the molecule is NCC1(NC(=O)c2ccc(Cl)cc2[N+](=O)[O-])CCCC1. The highest BCUT2D eigenvalue weighted by molar-refractivity contribution is 6.31. The molecule has 0 aromatic heterocycles. The quantitative estimate of drug-likeness (QED) is 0.657. The first-order valence-corrected chi connectivity index (χ1v) is 6.82. The van der Waals surface area contributed by atoms with Gasteiger partial charge in [-0.25, -0.2) is 0 Å². The van der Waals surface area contributed by atoms with E-state index >= 15 is 0 Å². The van der Waals surface area contributed by atoms with Crippen LogP contribution in [0.4, 0.5) is 5.69 Å². The number of hydrogen-bond donors (Lipinski definition) is 2. The maximum Gasteiger partial charge on any atom is 0.283 e. The fraction of sp³-hybridized carbons (Fsp3) is 0.462. The molecule has 20 heavy (non-hydrogen) atoms. The largest absolute Gasteiger partial charge is 0.345 e. The van der Waals surface area contributed by atoms with Crippen LogP contribution in [-0.4, -0.2) is 22.9 Å². The van der Waals surface area contributed by atoms with E-state index in [2.05, 4.69) is 5.32 Å². The highest BCUT2D eigenvalue weighted by Gasteiger charge is 2.35. The first-order chi connectivity index (χ1) is 9.47. The number of hydrogen-bond acceptors (Lipinski definition) is 4. The molecule has 1 aromatic carbocycles. The van der Waals surface area contributed by atoms with Gasteiger partial charge in [-0.1, -0.05) is 24.4 Å². The van der Waals surface area contributed by atoms with Gasteiger partial charge < -0.3 is 11.1 Å². The van der Waals surface area contributed by atoms with Gasteiger partial charge in [-0.05, 0) is 25.0 Å². The van der Waals surface area contributed by atoms with Gasteiger partial charge in [-0.15, -0.1) is 0 Å². The van der Waals surface area contributed by atoms with Crippen molar-refractivity contribution in [3.63, 3.8) is 0 Å². The highest BCUT2D eigenvalue weighted by atomic mass is 35.5. The summed E-state index contributed by atoms with van der Waals surface area (Å²) in [7, 11) is 0. The lowest BCUT2D eigenvalue weighted by Gasteiger charge is -2.28. The number of amides is 1. The average Bonchev–Trinajstić information content (AvgIpc) is 2.87. The molecule has 0 radical (unpaired) electrons. The number of halogens is 1. The van der Waals surface area contributed by atoms with E-state index in [9.17, 15) is 14.9 Å². The summed E-state index contributed by atoms with van der Waals surface area (Å²) >= 11 is 5.73. The Hall–Kier alpha value is -1.66. The molecule has 0 unspecified atom stereocenters. The Morgan fingerprint density at radius 2 is 2.10 bits per heavy atom. The van der Waals surface area contributed by atoms with Crippen LogP contribution in [0.25, 0.3) is 0 Å². The summed E-state index contributed by atoms with van der Waals surface area (Å²) in [5.41, 5.74) is 5.03. The van der Waals surface area contributed by atoms with Gasteiger partial charge >= 0.3 is 0 Å². The highest BCUT2D eigenvalue weighted by Crippen LogP contribution is 2.30. The predicted molar refractivity (Wildman–Crippen MR) is 75.8 cm³/mol. The zero-order chi connectivity index (χ0) is 14.8. The monoisotopic (exact) mass is 297 g/mol. The molecule has 1 aliphatic rings. The van der Waals surface area contributed by atoms with E-state index in [4.69, 9.17) is 17.3 Å². The van der Waals surface area contributed by atoms with E-state index in [1.807, 2.05) is 0 Å². The van der Waals surface area contributed by atoms with Crippen LogP contribution in [0.2, 0.25) is 5.02 Å². The second-order valence-electron chi connectivity index (χ2n) is 5.06. The van der Waals surface area contributed by atoms with E-state index < -0.39 is 16.4 Å². The summed E-state index contributed by atoms with van der Waals surface area (Å²) < 4.78 is 0. The van der Waals surface area contributed by atoms with Crippen LogP contribution in [0, 0.1) is 10.1 Å². The molecular weight excluding hydrogens is 282 g/mol. The minimum absolute atomic E-state index is 0.0131. The maximum atomic E-state index is 12.3. The molecular formula is C13H16ClN3O3. The van der Waals surface area contributed by atoms with Crippen LogP contribution in [0.1, 0.15) is 36.0 Å². The first-order valence-electron chi connectivity index (χ1n) is 6.44. The van der Waals surface area contributed by atoms with E-state index in [1.54, 1.807) is 0 Å². The summed E-state index contributed by atoms with van der Waals surface area (Å²) in [6.45, 7) is 0.333. The van der Waals surface area contributed by atoms with E-state index in [0.29, 0.717) is 6.54 Å². The number of nitrogens with one attached hydrogen (secondary N) is 1. The molecule has 0 aliphatic heterocycles. The van der Waals surface area contributed by atoms with Crippen LogP contribution in [0.15, 0.2) is 18.2 Å². The number of nitro benzene ring substituents is 1. The number of nitro groups is 1. The van der Waals surface area contributed by atoms with Crippen molar-refractivity contribution >= 4 is 23.2 Å². The molecule has 1 saturated carbocycles. The van der Waals surface area contributed by atoms with E-state index in [1.165, 1.54) is 18.2 Å². The summed E-state index contributed by atoms with van der Waals surface area (Å²) in [5.74, 6) is -0.472. The van der Waals surface area contributed by atoms with E-state index in [0.717, 1.165) is 25.7 Å². The molecule has 0 atom stereocenters. The van der Waals surface area contributed by atoms with Crippen molar-refractivity contribution in [2.75, 3.05) is 6.54 Å². The third kappa shape index (κ3) is 2.91. The Labute approximate surface area is 121 Å². The maximum absolute atomic E-state index is 12.3. The van der Waals surface area contributed by atoms with E-state index in [-0.39, 0.29) is 16.3 Å². The lowest BCUT2D eigenvalue weighted by Crippen LogP contribution is -2.51. The van der Waals surface area contributed by atoms with Crippen molar-refractivity contribution in [1.82, 2.24) is 5.32 Å². The minimum atomic E-state index is -0.607. The van der Waals surface area contributed by atoms with Gasteiger partial charge in [0.15, 0.2) is 0 Å². The number of nitrogens with two attached hydrogens (primary N) is 1. The Morgan fingerprint density at radius 3 is 2.65 bits per heavy atom. The Morgan fingerprint density at radius 1 is 1.45 bits per heavy atom. The second-order valence-corrected chi connectivity index (χ2v) is 5.50. The lowest BCUT2D eigenvalue weighted by molar-refractivity contribution is -0.385. The second kappa shape index (κ2) is 5.76. The normalized spacial score (nSPS) is 16.9. The van der Waals surface area contributed by atoms with Gasteiger partial charge in [0.05, 0.1) is 10.5 Å². The fourth-order valence-electron chi connectivity index (χ4n) is 2.59. The zero-order valence-corrected chi connectivity index (χ0v) is 11.7. The topological polar surface area (TPSA) is 98.3 Å². The van der Waals surface area contributed by atoms with Crippen LogP contribution in [0.3, 0.4) is 0 Å². The molecule has 1 aromatic rings. The molecule has 2 rings (SSSR count). The van der Waals surface area contributed by atoms with Gasteiger partial charge in [0, 0.05) is 17.6 Å². The number of nitrogens with zero attached hydrogens (tertiary/aromatic N) is 1. The lowest BCUT2D eigenvalue weighted by atomic mass is 9.97. The Kier molecular flexibility index (Phi) is 4.25. The van der Waals surface area contributed by atoms with Gasteiger partial charge in [0.1, 0.15) is 5.56 Å². The summed E-state index contributed by atoms with van der Waals surface area (Å²) in [6.07, 6.45) is 3.60. The molecule has 1 fully saturated rings. The van der Waals surface area contributed by atoms with Crippen molar-refractivity contribution in [2.45, 2.75) is 31.2 Å². The first kappa shape index (κ1) is 14.7. The molecule has 6 nitrogen and oxygen atoms in total. The van der Waals surface area contributed by atoms with Crippen LogP contribution in [0.5, 0.6) is 0 Å². The third-order valence-electron chi connectivity index (χ3n) is 3.73. The molecule has 0 bridgehead atoms. The summed E-state index contributed by atoms with van der Waals surface area (Å²) in [6, 6.07) is 4.02. The van der Waals surface area contributed by atoms with Crippen molar-refractivity contribution in [3.8, 4) is 0 Å². The standard InChI is InChI=1S/C13H16ClN3O3/c14-9-3-4-10(11(7-9)17(19)20)12(18)16-13(8-15)5-1-2-6-13/h3-4,7H,1-2,5-6,8,15H2,(H,16,18). The van der Waals surface area contributed by atoms with Crippen molar-refractivity contribution in [2.24, 2.45) is 5.73 Å². The third-order valence-corrected chi connectivity index (χ3v) is 3.97. The molecule has 1 amide bonds. The van der Waals surface area contributed by atoms with Gasteiger partial charge in [0.25, 0.3) is 11.6 Å². The fourth-order valence-corrected chi connectivity index (χ4v) is 2.75. The summed E-state index contributed by atoms with van der Waals surface area (Å²) in [4.78, 5) is 22.7. The molecule has 108 valence electrons. The number of carbonyl (C=O) groups is 1. The summed E-state index contributed by atoms with van der Waals surface area (Å²) in [5, 5.41) is 14.1. The average molecular weight is 298 g/mol. The van der Waals surface area contributed by atoms with Crippen LogP contribution >= 0.6 is 11.6 Å². The molecule has 7 heteroatoms. The van der Waals surface area contributed by atoms with Crippen molar-refractivity contribution in [1.29, 1.82) is 0 Å². The Bertz CT molecular complexity index is 542. The van der Waals surface area contributed by atoms with Gasteiger partial charge in [-0.2, -0.15) is 0 Å². The number of benzene rings is 1. The molecule has 0 saturated heterocycles. The van der Waals surface area contributed by atoms with Crippen molar-refractivity contribution in [3.05, 3.63) is 38.9 Å². The van der Waals surface area contributed by atoms with Gasteiger partial charge in [-0.3, -0.25) is 14.9 Å².